The molecule has 0 unspecified atom stereocenters. The van der Waals surface area contributed by atoms with E-state index in [0.717, 1.165) is 30.9 Å². The Kier molecular flexibility index (Phi) is 5.68. The van der Waals surface area contributed by atoms with Gasteiger partial charge in [-0.2, -0.15) is 0 Å². The van der Waals surface area contributed by atoms with Crippen LogP contribution in [0, 0.1) is 0 Å². The largest absolute Gasteiger partial charge is 0.495 e. The average Bonchev–Trinajstić information content (AvgIpc) is 2.53. The molecule has 2 rings (SSSR count). The van der Waals surface area contributed by atoms with Gasteiger partial charge in [0.05, 0.1) is 25.9 Å². The highest BCUT2D eigenvalue weighted by atomic mass is 16.7. The van der Waals surface area contributed by atoms with Crippen LogP contribution in [0.3, 0.4) is 0 Å². The molecular weight excluding hydrogens is 270 g/mol. The van der Waals surface area contributed by atoms with Crippen LogP contribution in [0.1, 0.15) is 13.3 Å². The van der Waals surface area contributed by atoms with Crippen molar-refractivity contribution >= 4 is 11.8 Å². The van der Waals surface area contributed by atoms with Gasteiger partial charge in [0.15, 0.2) is 0 Å². The maximum atomic E-state index is 11.5. The molecule has 0 radical (unpaired) electrons. The summed E-state index contributed by atoms with van der Waals surface area (Å²) >= 11 is 0. The Morgan fingerprint density at radius 1 is 1.24 bits per heavy atom. The van der Waals surface area contributed by atoms with Crippen molar-refractivity contribution in [1.82, 2.24) is 10.4 Å². The van der Waals surface area contributed by atoms with E-state index in [1.807, 2.05) is 31.2 Å². The molecule has 1 aromatic rings. The van der Waals surface area contributed by atoms with Gasteiger partial charge >= 0.3 is 6.09 Å². The van der Waals surface area contributed by atoms with E-state index in [4.69, 9.17) is 9.57 Å². The summed E-state index contributed by atoms with van der Waals surface area (Å²) in [5.41, 5.74) is 1.08. The molecule has 1 aliphatic rings. The Hall–Kier alpha value is -1.95. The number of benzene rings is 1. The lowest BCUT2D eigenvalue weighted by Crippen LogP contribution is -2.48. The zero-order valence-electron chi connectivity index (χ0n) is 12.7. The predicted molar refractivity (Wildman–Crippen MR) is 81.6 cm³/mol. The second-order valence-electron chi connectivity index (χ2n) is 4.89. The monoisotopic (exact) mass is 293 g/mol. The molecule has 21 heavy (non-hydrogen) atoms. The molecule has 0 saturated carbocycles. The molecular formula is C15H23N3O3. The lowest BCUT2D eigenvalue weighted by molar-refractivity contribution is -0.102. The van der Waals surface area contributed by atoms with Gasteiger partial charge in [0.25, 0.3) is 0 Å². The third-order valence-corrected chi connectivity index (χ3v) is 3.40. The van der Waals surface area contributed by atoms with Crippen molar-refractivity contribution in [1.29, 1.82) is 0 Å². The average molecular weight is 293 g/mol. The van der Waals surface area contributed by atoms with E-state index >= 15 is 0 Å². The number of hydrogen-bond acceptors (Lipinski definition) is 5. The molecule has 0 aliphatic carbocycles. The van der Waals surface area contributed by atoms with E-state index in [2.05, 4.69) is 10.2 Å². The second kappa shape index (κ2) is 7.73. The Labute approximate surface area is 125 Å². The summed E-state index contributed by atoms with van der Waals surface area (Å²) in [5.74, 6) is 0.868. The summed E-state index contributed by atoms with van der Waals surface area (Å²) in [6.45, 7) is 5.59. The fourth-order valence-electron chi connectivity index (χ4n) is 2.29. The van der Waals surface area contributed by atoms with E-state index in [1.54, 1.807) is 12.2 Å². The number of hydrogen-bond donors (Lipinski definition) is 1. The van der Waals surface area contributed by atoms with Crippen molar-refractivity contribution in [3.05, 3.63) is 24.3 Å². The first-order valence-electron chi connectivity index (χ1n) is 7.33. The number of nitrogens with zero attached hydrogens (tertiary/aromatic N) is 2. The zero-order valence-corrected chi connectivity index (χ0v) is 12.7. The van der Waals surface area contributed by atoms with E-state index < -0.39 is 0 Å². The number of amides is 1. The van der Waals surface area contributed by atoms with Gasteiger partial charge in [-0.25, -0.2) is 4.79 Å². The Balaban J connectivity index is 1.84. The van der Waals surface area contributed by atoms with Crippen LogP contribution in [-0.4, -0.2) is 51.0 Å². The number of para-hydroxylation sites is 2. The van der Waals surface area contributed by atoms with Gasteiger partial charge < -0.3 is 19.8 Å². The quantitative estimate of drug-likeness (QED) is 0.898. The van der Waals surface area contributed by atoms with Crippen molar-refractivity contribution < 1.29 is 14.4 Å². The number of carbonyl (C=O) groups is 1. The molecule has 116 valence electrons. The Morgan fingerprint density at radius 2 is 1.95 bits per heavy atom. The van der Waals surface area contributed by atoms with E-state index in [-0.39, 0.29) is 6.09 Å². The Bertz CT molecular complexity index is 459. The number of nitrogens with one attached hydrogen (secondary N) is 1. The molecule has 0 spiro atoms. The van der Waals surface area contributed by atoms with E-state index in [0.29, 0.717) is 19.6 Å². The van der Waals surface area contributed by atoms with Crippen molar-refractivity contribution in [2.45, 2.75) is 13.3 Å². The molecule has 6 heteroatoms. The maximum Gasteiger partial charge on any atom is 0.426 e. The van der Waals surface area contributed by atoms with E-state index in [1.165, 1.54) is 0 Å². The SMILES string of the molecule is CCCNC(=O)ON1CCN(c2ccccc2OC)CC1. The van der Waals surface area contributed by atoms with Gasteiger partial charge in [-0.05, 0) is 18.6 Å². The summed E-state index contributed by atoms with van der Waals surface area (Å²) in [6, 6.07) is 7.96. The van der Waals surface area contributed by atoms with Crippen LogP contribution in [0.4, 0.5) is 10.5 Å². The summed E-state index contributed by atoms with van der Waals surface area (Å²) in [6.07, 6.45) is 0.527. The van der Waals surface area contributed by atoms with Crippen molar-refractivity contribution in [2.24, 2.45) is 0 Å². The number of ether oxygens (including phenoxy) is 1. The van der Waals surface area contributed by atoms with Crippen LogP contribution in [0.5, 0.6) is 5.75 Å². The first kappa shape index (κ1) is 15.4. The third-order valence-electron chi connectivity index (χ3n) is 3.40. The molecule has 0 atom stereocenters. The molecule has 1 amide bonds. The number of anilines is 1. The third kappa shape index (κ3) is 4.26. The minimum Gasteiger partial charge on any atom is -0.495 e. The second-order valence-corrected chi connectivity index (χ2v) is 4.89. The van der Waals surface area contributed by atoms with Gasteiger partial charge in [0.2, 0.25) is 0 Å². The number of rotatable bonds is 5. The molecule has 1 heterocycles. The standard InChI is InChI=1S/C15H23N3O3/c1-3-8-16-15(19)21-18-11-9-17(10-12-18)13-6-4-5-7-14(13)20-2/h4-7H,3,8-12H2,1-2H3,(H,16,19). The lowest BCUT2D eigenvalue weighted by atomic mass is 10.2. The number of hydroxylamine groups is 2. The molecule has 0 aromatic heterocycles. The summed E-state index contributed by atoms with van der Waals surface area (Å²) in [7, 11) is 1.68. The van der Waals surface area contributed by atoms with Gasteiger partial charge in [-0.3, -0.25) is 0 Å². The molecule has 1 saturated heterocycles. The summed E-state index contributed by atoms with van der Waals surface area (Å²) in [4.78, 5) is 19.0. The molecule has 1 aliphatic heterocycles. The number of carbonyl (C=O) groups excluding carboxylic acids is 1. The van der Waals surface area contributed by atoms with Crippen molar-refractivity contribution in [3.8, 4) is 5.75 Å². The first-order valence-corrected chi connectivity index (χ1v) is 7.33. The Morgan fingerprint density at radius 3 is 2.62 bits per heavy atom. The first-order chi connectivity index (χ1) is 10.2. The van der Waals surface area contributed by atoms with Crippen LogP contribution in [0.2, 0.25) is 0 Å². The van der Waals surface area contributed by atoms with Crippen molar-refractivity contribution in [2.75, 3.05) is 44.7 Å². The lowest BCUT2D eigenvalue weighted by Gasteiger charge is -2.35. The highest BCUT2D eigenvalue weighted by Crippen LogP contribution is 2.28. The summed E-state index contributed by atoms with van der Waals surface area (Å²) < 4.78 is 5.38. The van der Waals surface area contributed by atoms with Crippen LogP contribution in [0.15, 0.2) is 24.3 Å². The molecule has 0 bridgehead atoms. The van der Waals surface area contributed by atoms with Crippen LogP contribution < -0.4 is 15.0 Å². The maximum absolute atomic E-state index is 11.5. The highest BCUT2D eigenvalue weighted by molar-refractivity contribution is 5.66. The number of piperazine rings is 1. The zero-order chi connectivity index (χ0) is 15.1. The fraction of sp³-hybridized carbons (Fsp3) is 0.533. The van der Waals surface area contributed by atoms with E-state index in [9.17, 15) is 4.79 Å². The van der Waals surface area contributed by atoms with Gasteiger partial charge in [-0.1, -0.05) is 19.1 Å². The molecule has 1 N–H and O–H groups in total. The summed E-state index contributed by atoms with van der Waals surface area (Å²) in [5, 5.41) is 4.41. The van der Waals surface area contributed by atoms with Crippen molar-refractivity contribution in [3.63, 3.8) is 0 Å². The van der Waals surface area contributed by atoms with Gasteiger partial charge in [0, 0.05) is 19.6 Å². The molecule has 1 aromatic carbocycles. The van der Waals surface area contributed by atoms with Gasteiger partial charge in [0.1, 0.15) is 5.75 Å². The molecule has 6 nitrogen and oxygen atoms in total. The van der Waals surface area contributed by atoms with Crippen LogP contribution in [-0.2, 0) is 4.84 Å². The normalized spacial score (nSPS) is 15.6. The smallest absolute Gasteiger partial charge is 0.426 e. The fourth-order valence-corrected chi connectivity index (χ4v) is 2.29. The number of methoxy groups -OCH3 is 1. The topological polar surface area (TPSA) is 54.0 Å². The molecule has 1 fully saturated rings. The van der Waals surface area contributed by atoms with Gasteiger partial charge in [-0.15, -0.1) is 5.06 Å². The van der Waals surface area contributed by atoms with Crippen LogP contribution in [0.25, 0.3) is 0 Å². The highest BCUT2D eigenvalue weighted by Gasteiger charge is 2.21. The van der Waals surface area contributed by atoms with Crippen LogP contribution >= 0.6 is 0 Å². The minimum atomic E-state index is -0.373. The minimum absolute atomic E-state index is 0.373. The predicted octanol–water partition coefficient (Wildman–Crippen LogP) is 1.87.